The summed E-state index contributed by atoms with van der Waals surface area (Å²) >= 11 is 0. The highest BCUT2D eigenvalue weighted by Crippen LogP contribution is 2.58. The Bertz CT molecular complexity index is 2470. The second kappa shape index (κ2) is 16.0. The SMILES string of the molecule is CC[C@H](NC(=O)OC)C(=O)N1CC2(CC2)C[C@H]1c1ncc(-c2ccc3cc(-c4ccc(-c5cnc([C@@H]6[C@@H]7CC[C@H](C7)N6C(=O)[C@@H](NC(=O)OC)C(C)C)[nH]5)cc4)ccc3c2)[nH]1. The maximum Gasteiger partial charge on any atom is 0.407 e. The van der Waals surface area contributed by atoms with Crippen molar-refractivity contribution in [2.24, 2.45) is 17.3 Å². The largest absolute Gasteiger partial charge is 0.453 e. The van der Waals surface area contributed by atoms with Gasteiger partial charge in [0.1, 0.15) is 23.7 Å². The predicted octanol–water partition coefficient (Wildman–Crippen LogP) is 7.91. The zero-order valence-corrected chi connectivity index (χ0v) is 35.4. The second-order valence-corrected chi connectivity index (χ2v) is 17.8. The number of aromatic nitrogens is 4. The lowest BCUT2D eigenvalue weighted by Crippen LogP contribution is -2.54. The van der Waals surface area contributed by atoms with Crippen LogP contribution in [0, 0.1) is 17.3 Å². The van der Waals surface area contributed by atoms with Gasteiger partial charge in [-0.2, -0.15) is 0 Å². The number of nitrogens with zero attached hydrogens (tertiary/aromatic N) is 4. The number of likely N-dealkylation sites (tertiary alicyclic amines) is 2. The molecule has 14 heteroatoms. The van der Waals surface area contributed by atoms with Gasteiger partial charge in [0.25, 0.3) is 0 Å². The van der Waals surface area contributed by atoms with E-state index in [1.165, 1.54) is 14.2 Å². The van der Waals surface area contributed by atoms with Crippen molar-refractivity contribution in [1.29, 1.82) is 0 Å². The molecule has 2 aliphatic heterocycles. The lowest BCUT2D eigenvalue weighted by atomic mass is 9.95. The van der Waals surface area contributed by atoms with E-state index in [0.717, 1.165) is 94.6 Å². The number of amides is 4. The molecule has 14 nitrogen and oxygen atoms in total. The summed E-state index contributed by atoms with van der Waals surface area (Å²) in [7, 11) is 2.61. The molecule has 6 atom stereocenters. The number of ether oxygens (including phenoxy) is 2. The summed E-state index contributed by atoms with van der Waals surface area (Å²) < 4.78 is 9.60. The Labute approximate surface area is 355 Å². The van der Waals surface area contributed by atoms with Crippen molar-refractivity contribution in [3.05, 3.63) is 84.7 Å². The first kappa shape index (κ1) is 40.2. The summed E-state index contributed by atoms with van der Waals surface area (Å²) in [5.41, 5.74) is 6.10. The van der Waals surface area contributed by atoms with E-state index < -0.39 is 24.3 Å². The lowest BCUT2D eigenvalue weighted by molar-refractivity contribution is -0.139. The van der Waals surface area contributed by atoms with Crippen LogP contribution in [0.5, 0.6) is 0 Å². The van der Waals surface area contributed by atoms with E-state index in [0.29, 0.717) is 18.9 Å². The Morgan fingerprint density at radius 2 is 1.39 bits per heavy atom. The number of carbonyl (C=O) groups is 4. The van der Waals surface area contributed by atoms with Crippen molar-refractivity contribution in [3.63, 3.8) is 0 Å². The number of carbonyl (C=O) groups excluding carboxylic acids is 4. The number of H-pyrrole nitrogens is 2. The summed E-state index contributed by atoms with van der Waals surface area (Å²) in [6.07, 6.45) is 8.91. The van der Waals surface area contributed by atoms with Gasteiger partial charge in [-0.3, -0.25) is 9.59 Å². The normalized spacial score (nSPS) is 22.1. The van der Waals surface area contributed by atoms with Crippen LogP contribution in [0.4, 0.5) is 9.59 Å². The third-order valence-electron chi connectivity index (χ3n) is 13.6. The van der Waals surface area contributed by atoms with Crippen LogP contribution in [0.25, 0.3) is 44.4 Å². The first-order valence-electron chi connectivity index (χ1n) is 21.5. The molecular weight excluding hydrogens is 773 g/mol. The van der Waals surface area contributed by atoms with Crippen molar-refractivity contribution < 1.29 is 28.7 Å². The number of fused-ring (bicyclic) bond motifs is 3. The van der Waals surface area contributed by atoms with Crippen molar-refractivity contribution in [3.8, 4) is 33.6 Å². The Hall–Kier alpha value is -6.18. The van der Waals surface area contributed by atoms with Crippen LogP contribution >= 0.6 is 0 Å². The number of rotatable bonds is 11. The zero-order chi connectivity index (χ0) is 42.6. The van der Waals surface area contributed by atoms with E-state index >= 15 is 0 Å². The van der Waals surface area contributed by atoms with Gasteiger partial charge in [0, 0.05) is 18.2 Å². The monoisotopic (exact) mass is 826 g/mol. The molecule has 2 aliphatic carbocycles. The molecule has 61 heavy (non-hydrogen) atoms. The summed E-state index contributed by atoms with van der Waals surface area (Å²) in [6, 6.07) is 19.7. The fraction of sp³-hybridized carbons (Fsp3) is 0.447. The molecule has 3 aromatic carbocycles. The molecule has 5 aromatic rings. The molecule has 0 radical (unpaired) electrons. The van der Waals surface area contributed by atoms with Crippen LogP contribution in [-0.2, 0) is 19.1 Å². The fourth-order valence-electron chi connectivity index (χ4n) is 10.0. The smallest absolute Gasteiger partial charge is 0.407 e. The molecule has 4 N–H and O–H groups in total. The molecule has 2 bridgehead atoms. The van der Waals surface area contributed by atoms with E-state index in [1.807, 2.05) is 43.0 Å². The summed E-state index contributed by atoms with van der Waals surface area (Å²) in [5, 5.41) is 7.68. The second-order valence-electron chi connectivity index (χ2n) is 17.8. The highest BCUT2D eigenvalue weighted by Gasteiger charge is 2.55. The van der Waals surface area contributed by atoms with Gasteiger partial charge in [0.2, 0.25) is 11.8 Å². The van der Waals surface area contributed by atoms with E-state index in [-0.39, 0.29) is 41.3 Å². The zero-order valence-electron chi connectivity index (χ0n) is 35.4. The fourth-order valence-corrected chi connectivity index (χ4v) is 10.0. The number of imidazole rings is 2. The van der Waals surface area contributed by atoms with E-state index in [4.69, 9.17) is 19.4 Å². The highest BCUT2D eigenvalue weighted by molar-refractivity contribution is 5.91. The van der Waals surface area contributed by atoms with Crippen LogP contribution in [-0.4, -0.2) is 92.6 Å². The number of aromatic amines is 2. The predicted molar refractivity (Wildman–Crippen MR) is 230 cm³/mol. The molecule has 4 fully saturated rings. The molecule has 4 aliphatic rings. The molecule has 0 unspecified atom stereocenters. The Balaban J connectivity index is 0.891. The number of piperidine rings is 1. The Morgan fingerprint density at radius 3 is 2.07 bits per heavy atom. The maximum atomic E-state index is 14.0. The van der Waals surface area contributed by atoms with E-state index in [2.05, 4.69) is 81.3 Å². The number of benzene rings is 3. The number of hydrogen-bond acceptors (Lipinski definition) is 8. The van der Waals surface area contributed by atoms with Crippen molar-refractivity contribution >= 4 is 34.8 Å². The summed E-state index contributed by atoms with van der Waals surface area (Å²) in [6.45, 7) is 6.41. The van der Waals surface area contributed by atoms with Gasteiger partial charge >= 0.3 is 12.2 Å². The van der Waals surface area contributed by atoms with E-state index in [9.17, 15) is 19.2 Å². The topological polar surface area (TPSA) is 175 Å². The van der Waals surface area contributed by atoms with Crippen LogP contribution in [0.3, 0.4) is 0 Å². The number of nitrogens with one attached hydrogen (secondary N) is 4. The maximum absolute atomic E-state index is 14.0. The number of methoxy groups -OCH3 is 2. The molecule has 2 aromatic heterocycles. The van der Waals surface area contributed by atoms with Crippen LogP contribution < -0.4 is 10.6 Å². The van der Waals surface area contributed by atoms with Gasteiger partial charge in [0.05, 0.1) is 50.1 Å². The van der Waals surface area contributed by atoms with Gasteiger partial charge in [-0.05, 0) is 102 Å². The average molecular weight is 827 g/mol. The van der Waals surface area contributed by atoms with Crippen molar-refractivity contribution in [2.75, 3.05) is 20.8 Å². The molecular formula is C47H54N8O6. The molecule has 4 amide bonds. The Morgan fingerprint density at radius 1 is 0.787 bits per heavy atom. The lowest BCUT2D eigenvalue weighted by Gasteiger charge is -2.37. The van der Waals surface area contributed by atoms with Gasteiger partial charge in [-0.1, -0.05) is 69.3 Å². The molecule has 1 spiro atoms. The minimum Gasteiger partial charge on any atom is -0.453 e. The number of alkyl carbamates (subject to hydrolysis) is 2. The highest BCUT2D eigenvalue weighted by atomic mass is 16.5. The molecule has 2 saturated heterocycles. The summed E-state index contributed by atoms with van der Waals surface area (Å²) in [5.74, 6) is 1.56. The first-order chi connectivity index (χ1) is 29.5. The van der Waals surface area contributed by atoms with Gasteiger partial charge in [0.15, 0.2) is 0 Å². The van der Waals surface area contributed by atoms with Crippen LogP contribution in [0.2, 0.25) is 0 Å². The van der Waals surface area contributed by atoms with Crippen LogP contribution in [0.1, 0.15) is 89.4 Å². The van der Waals surface area contributed by atoms with E-state index in [1.54, 1.807) is 0 Å². The first-order valence-corrected chi connectivity index (χ1v) is 21.5. The summed E-state index contributed by atoms with van der Waals surface area (Å²) in [4.78, 5) is 72.3. The van der Waals surface area contributed by atoms with Gasteiger partial charge < -0.3 is 39.9 Å². The minimum absolute atomic E-state index is 0.0905. The molecule has 2 saturated carbocycles. The van der Waals surface area contributed by atoms with Crippen molar-refractivity contribution in [1.82, 2.24) is 40.4 Å². The standard InChI is InChI=1S/C47H54N8O6/c1-6-35(52-45(58)60-4)43(56)54-25-47(17-18-47)22-38(54)41-48-24-37(50-41)32-14-13-30-19-29(11-12-31(30)20-32)27-7-9-28(10-8-27)36-23-49-42(51-36)40-33-15-16-34(21-33)55(40)44(57)39(26(2)3)53-46(59)61-5/h7-14,19-20,23-24,26,33-35,38-40H,6,15-18,21-22,25H2,1-5H3,(H,48,50)(H,49,51)(H,52,58)(H,53,59)/t33-,34-,35+,38+,39+,40+/m1/s1. The van der Waals surface area contributed by atoms with Gasteiger partial charge in [-0.15, -0.1) is 0 Å². The minimum atomic E-state index is -0.680. The molecule has 318 valence electrons. The average Bonchev–Trinajstić information content (AvgIpc) is 3.91. The van der Waals surface area contributed by atoms with Crippen LogP contribution in [0.15, 0.2) is 73.1 Å². The Kier molecular flexibility index (Phi) is 10.6. The third-order valence-corrected chi connectivity index (χ3v) is 13.6. The van der Waals surface area contributed by atoms with Crippen molar-refractivity contribution in [2.45, 2.75) is 95.9 Å². The quantitative estimate of drug-likeness (QED) is 0.104. The third kappa shape index (κ3) is 7.61. The molecule has 4 heterocycles. The molecule has 9 rings (SSSR count). The number of hydrogen-bond donors (Lipinski definition) is 4. The van der Waals surface area contributed by atoms with Gasteiger partial charge in [-0.25, -0.2) is 19.6 Å².